The summed E-state index contributed by atoms with van der Waals surface area (Å²) in [7, 11) is 0. The molecule has 1 aliphatic rings. The van der Waals surface area contributed by atoms with Crippen molar-refractivity contribution in [2.24, 2.45) is 0 Å². The fourth-order valence-electron chi connectivity index (χ4n) is 2.61. The molecule has 0 unspecified atom stereocenters. The van der Waals surface area contributed by atoms with Gasteiger partial charge in [0.1, 0.15) is 11.1 Å². The van der Waals surface area contributed by atoms with Crippen molar-refractivity contribution in [1.82, 2.24) is 0 Å². The molecule has 0 bridgehead atoms. The fraction of sp³-hybridized carbons (Fsp3) is 0.235. The van der Waals surface area contributed by atoms with Gasteiger partial charge in [-0.05, 0) is 37.0 Å². The Kier molecular flexibility index (Phi) is 4.84. The molecule has 3 rings (SSSR count). The highest BCUT2D eigenvalue weighted by Crippen LogP contribution is 2.38. The summed E-state index contributed by atoms with van der Waals surface area (Å²) < 4.78 is 4.98. The Morgan fingerprint density at radius 2 is 2.12 bits per heavy atom. The summed E-state index contributed by atoms with van der Waals surface area (Å²) >= 11 is 7.33. The Hall–Kier alpha value is -2.36. The van der Waals surface area contributed by atoms with Crippen LogP contribution in [0.1, 0.15) is 32.8 Å². The number of nitriles is 1. The second-order valence-electron chi connectivity index (χ2n) is 5.28. The van der Waals surface area contributed by atoms with Crippen molar-refractivity contribution >= 4 is 39.8 Å². The van der Waals surface area contributed by atoms with Crippen LogP contribution < -0.4 is 5.32 Å². The average Bonchev–Trinajstić information content (AvgIpc) is 3.13. The van der Waals surface area contributed by atoms with Crippen LogP contribution in [-0.4, -0.2) is 18.5 Å². The number of carbonyl (C=O) groups is 2. The molecule has 2 aromatic rings. The van der Waals surface area contributed by atoms with Crippen LogP contribution in [0.4, 0.5) is 5.00 Å². The molecule has 0 spiro atoms. The van der Waals surface area contributed by atoms with E-state index >= 15 is 0 Å². The highest BCUT2D eigenvalue weighted by molar-refractivity contribution is 7.16. The zero-order chi connectivity index (χ0) is 17.1. The lowest BCUT2D eigenvalue weighted by atomic mass is 10.1. The van der Waals surface area contributed by atoms with E-state index in [1.54, 1.807) is 18.2 Å². The van der Waals surface area contributed by atoms with Gasteiger partial charge in [0.15, 0.2) is 6.61 Å². The number of rotatable bonds is 4. The third-order valence-corrected chi connectivity index (χ3v) is 5.25. The van der Waals surface area contributed by atoms with E-state index in [0.717, 1.165) is 29.7 Å². The van der Waals surface area contributed by atoms with Crippen LogP contribution >= 0.6 is 22.9 Å². The first kappa shape index (κ1) is 16.5. The number of anilines is 1. The van der Waals surface area contributed by atoms with Crippen molar-refractivity contribution in [3.8, 4) is 6.07 Å². The Bertz CT molecular complexity index is 854. The van der Waals surface area contributed by atoms with Gasteiger partial charge in [-0.3, -0.25) is 4.79 Å². The minimum absolute atomic E-state index is 0.208. The second-order valence-corrected chi connectivity index (χ2v) is 6.79. The molecule has 1 heterocycles. The summed E-state index contributed by atoms with van der Waals surface area (Å²) in [6, 6.07) is 8.61. The minimum atomic E-state index is -0.662. The first-order valence-electron chi connectivity index (χ1n) is 7.36. The van der Waals surface area contributed by atoms with E-state index in [-0.39, 0.29) is 10.6 Å². The summed E-state index contributed by atoms with van der Waals surface area (Å²) in [5.74, 6) is -1.14. The maximum Gasteiger partial charge on any atom is 0.340 e. The highest BCUT2D eigenvalue weighted by atomic mass is 35.5. The second kappa shape index (κ2) is 7.04. The van der Waals surface area contributed by atoms with Gasteiger partial charge in [0.2, 0.25) is 0 Å². The summed E-state index contributed by atoms with van der Waals surface area (Å²) in [6.45, 7) is -0.433. The largest absolute Gasteiger partial charge is 0.452 e. The van der Waals surface area contributed by atoms with Gasteiger partial charge < -0.3 is 10.1 Å². The molecular formula is C17H13ClN2O3S. The number of hydrogen-bond acceptors (Lipinski definition) is 5. The molecule has 1 aromatic carbocycles. The number of esters is 1. The molecule has 0 radical (unpaired) electrons. The molecule has 24 heavy (non-hydrogen) atoms. The number of benzene rings is 1. The van der Waals surface area contributed by atoms with E-state index in [2.05, 4.69) is 11.4 Å². The predicted molar refractivity (Wildman–Crippen MR) is 91.4 cm³/mol. The third-order valence-electron chi connectivity index (χ3n) is 3.71. The molecule has 1 aromatic heterocycles. The normalized spacial score (nSPS) is 12.3. The van der Waals surface area contributed by atoms with Crippen LogP contribution in [-0.2, 0) is 22.4 Å². The average molecular weight is 361 g/mol. The van der Waals surface area contributed by atoms with Gasteiger partial charge in [0.05, 0.1) is 16.1 Å². The van der Waals surface area contributed by atoms with Crippen LogP contribution in [0.2, 0.25) is 5.02 Å². The third kappa shape index (κ3) is 3.28. The topological polar surface area (TPSA) is 79.2 Å². The zero-order valence-electron chi connectivity index (χ0n) is 12.6. The monoisotopic (exact) mass is 360 g/mol. The van der Waals surface area contributed by atoms with Crippen molar-refractivity contribution in [2.75, 3.05) is 11.9 Å². The number of amides is 1. The smallest absolute Gasteiger partial charge is 0.340 e. The fourth-order valence-corrected chi connectivity index (χ4v) is 4.08. The van der Waals surface area contributed by atoms with E-state index in [4.69, 9.17) is 16.3 Å². The number of halogens is 1. The van der Waals surface area contributed by atoms with E-state index in [1.807, 2.05) is 0 Å². The van der Waals surface area contributed by atoms with Gasteiger partial charge in [-0.2, -0.15) is 5.26 Å². The molecular weight excluding hydrogens is 348 g/mol. The molecule has 122 valence electrons. The summed E-state index contributed by atoms with van der Waals surface area (Å²) in [6.07, 6.45) is 2.84. The number of fused-ring (bicyclic) bond motifs is 1. The molecule has 0 saturated heterocycles. The Morgan fingerprint density at radius 3 is 2.88 bits per heavy atom. The Labute approximate surface area is 147 Å². The Balaban J connectivity index is 1.62. The first-order chi connectivity index (χ1) is 11.6. The lowest BCUT2D eigenvalue weighted by Crippen LogP contribution is -2.21. The van der Waals surface area contributed by atoms with Crippen molar-refractivity contribution in [3.05, 3.63) is 50.9 Å². The SMILES string of the molecule is N#Cc1c(NC(=O)COC(=O)c2ccccc2Cl)sc2c1CCC2. The molecule has 0 atom stereocenters. The quantitative estimate of drug-likeness (QED) is 0.845. The number of carbonyl (C=O) groups excluding carboxylic acids is 2. The maximum absolute atomic E-state index is 12.0. The van der Waals surface area contributed by atoms with Gasteiger partial charge in [-0.25, -0.2) is 4.79 Å². The summed E-state index contributed by atoms with van der Waals surface area (Å²) in [5.41, 5.74) is 1.77. The van der Waals surface area contributed by atoms with E-state index in [0.29, 0.717) is 10.6 Å². The highest BCUT2D eigenvalue weighted by Gasteiger charge is 2.23. The van der Waals surface area contributed by atoms with E-state index < -0.39 is 18.5 Å². The van der Waals surface area contributed by atoms with Crippen LogP contribution in [0.5, 0.6) is 0 Å². The van der Waals surface area contributed by atoms with Gasteiger partial charge in [0, 0.05) is 4.88 Å². The number of thiophene rings is 1. The standard InChI is InChI=1S/C17H13ClN2O3S/c18-13-6-2-1-4-11(13)17(22)23-9-15(21)20-16-12(8-19)10-5-3-7-14(10)24-16/h1-2,4,6H,3,5,7,9H2,(H,20,21). The molecule has 0 aliphatic heterocycles. The molecule has 1 amide bonds. The number of aryl methyl sites for hydroxylation is 1. The van der Waals surface area contributed by atoms with Crippen LogP contribution in [0.3, 0.4) is 0 Å². The zero-order valence-corrected chi connectivity index (χ0v) is 14.2. The van der Waals surface area contributed by atoms with Crippen LogP contribution in [0.15, 0.2) is 24.3 Å². The molecule has 1 N–H and O–H groups in total. The molecule has 7 heteroatoms. The van der Waals surface area contributed by atoms with Crippen molar-refractivity contribution in [3.63, 3.8) is 0 Å². The molecule has 1 aliphatic carbocycles. The minimum Gasteiger partial charge on any atom is -0.452 e. The lowest BCUT2D eigenvalue weighted by molar-refractivity contribution is -0.119. The Morgan fingerprint density at radius 1 is 1.33 bits per heavy atom. The van der Waals surface area contributed by atoms with Gasteiger partial charge >= 0.3 is 5.97 Å². The van der Waals surface area contributed by atoms with Gasteiger partial charge in [-0.15, -0.1) is 11.3 Å². The van der Waals surface area contributed by atoms with Crippen molar-refractivity contribution in [2.45, 2.75) is 19.3 Å². The lowest BCUT2D eigenvalue weighted by Gasteiger charge is -2.07. The van der Waals surface area contributed by atoms with Crippen molar-refractivity contribution < 1.29 is 14.3 Å². The number of ether oxygens (including phenoxy) is 1. The predicted octanol–water partition coefficient (Wildman–Crippen LogP) is 3.56. The van der Waals surface area contributed by atoms with Crippen molar-refractivity contribution in [1.29, 1.82) is 5.26 Å². The first-order valence-corrected chi connectivity index (χ1v) is 8.55. The van der Waals surface area contributed by atoms with Crippen LogP contribution in [0, 0.1) is 11.3 Å². The summed E-state index contributed by atoms with van der Waals surface area (Å²) in [4.78, 5) is 25.1. The number of nitrogens with one attached hydrogen (secondary N) is 1. The van der Waals surface area contributed by atoms with E-state index in [1.165, 1.54) is 17.4 Å². The molecule has 0 fully saturated rings. The van der Waals surface area contributed by atoms with Crippen LogP contribution in [0.25, 0.3) is 0 Å². The summed E-state index contributed by atoms with van der Waals surface area (Å²) in [5, 5.41) is 12.7. The van der Waals surface area contributed by atoms with E-state index in [9.17, 15) is 14.9 Å². The van der Waals surface area contributed by atoms with Gasteiger partial charge in [-0.1, -0.05) is 23.7 Å². The maximum atomic E-state index is 12.0. The number of hydrogen-bond donors (Lipinski definition) is 1. The number of nitrogens with zero attached hydrogens (tertiary/aromatic N) is 1. The van der Waals surface area contributed by atoms with Gasteiger partial charge in [0.25, 0.3) is 5.91 Å². The molecule has 0 saturated carbocycles. The molecule has 5 nitrogen and oxygen atoms in total.